The van der Waals surface area contributed by atoms with E-state index in [-0.39, 0.29) is 18.3 Å². The first-order valence-corrected chi connectivity index (χ1v) is 7.48. The van der Waals surface area contributed by atoms with Gasteiger partial charge in [-0.2, -0.15) is 0 Å². The van der Waals surface area contributed by atoms with Crippen LogP contribution in [0.1, 0.15) is 5.56 Å². The van der Waals surface area contributed by atoms with Crippen LogP contribution in [-0.2, 0) is 11.8 Å². The van der Waals surface area contributed by atoms with Gasteiger partial charge in [0.25, 0.3) is 0 Å². The summed E-state index contributed by atoms with van der Waals surface area (Å²) in [6, 6.07) is 9.88. The zero-order valence-electron chi connectivity index (χ0n) is 13.1. The maximum Gasteiger partial charge on any atom is 0.246 e. The maximum atomic E-state index is 12.2. The van der Waals surface area contributed by atoms with Crippen LogP contribution in [0.3, 0.4) is 0 Å². The van der Waals surface area contributed by atoms with Gasteiger partial charge in [-0.3, -0.25) is 4.79 Å². The summed E-state index contributed by atoms with van der Waals surface area (Å²) in [6.45, 7) is 3.08. The summed E-state index contributed by atoms with van der Waals surface area (Å²) < 4.78 is 2.01. The summed E-state index contributed by atoms with van der Waals surface area (Å²) >= 11 is 0. The van der Waals surface area contributed by atoms with E-state index in [1.54, 1.807) is 12.3 Å². The van der Waals surface area contributed by atoms with Crippen molar-refractivity contribution in [1.29, 1.82) is 0 Å². The number of aryl methyl sites for hydroxylation is 1. The van der Waals surface area contributed by atoms with Crippen molar-refractivity contribution in [2.24, 2.45) is 7.05 Å². The second-order valence-corrected chi connectivity index (χ2v) is 5.39. The van der Waals surface area contributed by atoms with Crippen LogP contribution in [0.5, 0.6) is 0 Å². The number of rotatable bonds is 3. The standard InChI is InChI=1S/C17H20N4O.ClH/c1-19-10-9-18-17(19)21-13-11-20(12-14-21)16(22)8-7-15-5-3-2-4-6-15;/h2-10H,11-14H2,1H3;1H/b8-7-;. The number of aromatic nitrogens is 2. The third-order valence-corrected chi connectivity index (χ3v) is 3.89. The molecule has 1 aromatic heterocycles. The highest BCUT2D eigenvalue weighted by atomic mass is 35.5. The minimum absolute atomic E-state index is 0. The topological polar surface area (TPSA) is 41.4 Å². The average molecular weight is 333 g/mol. The van der Waals surface area contributed by atoms with Gasteiger partial charge in [-0.05, 0) is 11.6 Å². The molecule has 1 saturated heterocycles. The maximum absolute atomic E-state index is 12.2. The number of amides is 1. The highest BCUT2D eigenvalue weighted by molar-refractivity contribution is 5.91. The SMILES string of the molecule is Cl.Cn1ccnc1N1CCN(C(=O)/C=C\c2ccccc2)CC1. The lowest BCUT2D eigenvalue weighted by molar-refractivity contribution is -0.126. The smallest absolute Gasteiger partial charge is 0.246 e. The first-order chi connectivity index (χ1) is 10.7. The molecule has 122 valence electrons. The molecule has 0 radical (unpaired) electrons. The number of hydrogen-bond acceptors (Lipinski definition) is 3. The molecule has 0 aliphatic carbocycles. The van der Waals surface area contributed by atoms with Crippen molar-refractivity contribution in [2.75, 3.05) is 31.1 Å². The lowest BCUT2D eigenvalue weighted by atomic mass is 10.2. The normalized spacial score (nSPS) is 14.8. The van der Waals surface area contributed by atoms with Gasteiger partial charge in [-0.15, -0.1) is 12.4 Å². The molecule has 3 rings (SSSR count). The van der Waals surface area contributed by atoms with Gasteiger partial charge in [0.1, 0.15) is 0 Å². The Hall–Kier alpha value is -2.27. The van der Waals surface area contributed by atoms with Gasteiger partial charge >= 0.3 is 0 Å². The molecule has 6 heteroatoms. The van der Waals surface area contributed by atoms with Crippen LogP contribution in [0.15, 0.2) is 48.8 Å². The summed E-state index contributed by atoms with van der Waals surface area (Å²) in [4.78, 5) is 20.7. The highest BCUT2D eigenvalue weighted by Crippen LogP contribution is 2.13. The summed E-state index contributed by atoms with van der Waals surface area (Å²) in [5.41, 5.74) is 1.04. The third-order valence-electron chi connectivity index (χ3n) is 3.89. The third kappa shape index (κ3) is 4.13. The molecule has 0 saturated carbocycles. The summed E-state index contributed by atoms with van der Waals surface area (Å²) in [5.74, 6) is 1.04. The fourth-order valence-corrected chi connectivity index (χ4v) is 2.63. The number of piperazine rings is 1. The van der Waals surface area contributed by atoms with Gasteiger partial charge in [-0.25, -0.2) is 4.98 Å². The summed E-state index contributed by atoms with van der Waals surface area (Å²) in [5, 5.41) is 0. The monoisotopic (exact) mass is 332 g/mol. The molecule has 1 aliphatic heterocycles. The minimum atomic E-state index is 0. The Balaban J connectivity index is 0.00000192. The van der Waals surface area contributed by atoms with Crippen LogP contribution >= 0.6 is 12.4 Å². The molecule has 2 heterocycles. The first kappa shape index (κ1) is 17.1. The first-order valence-electron chi connectivity index (χ1n) is 7.48. The second kappa shape index (κ2) is 7.83. The molecule has 2 aromatic rings. The van der Waals surface area contributed by atoms with Crippen molar-refractivity contribution in [3.05, 3.63) is 54.4 Å². The van der Waals surface area contributed by atoms with E-state index in [1.807, 2.05) is 59.1 Å². The lowest BCUT2D eigenvalue weighted by Gasteiger charge is -2.34. The van der Waals surface area contributed by atoms with Gasteiger partial charge < -0.3 is 14.4 Å². The fourth-order valence-electron chi connectivity index (χ4n) is 2.63. The van der Waals surface area contributed by atoms with Crippen molar-refractivity contribution in [1.82, 2.24) is 14.5 Å². The van der Waals surface area contributed by atoms with Crippen LogP contribution in [0.4, 0.5) is 5.95 Å². The van der Waals surface area contributed by atoms with Crippen LogP contribution in [-0.4, -0.2) is 46.5 Å². The molecule has 1 amide bonds. The number of imidazole rings is 1. The van der Waals surface area contributed by atoms with Crippen LogP contribution in [0, 0.1) is 0 Å². The molecular formula is C17H21ClN4O. The second-order valence-electron chi connectivity index (χ2n) is 5.39. The quantitative estimate of drug-likeness (QED) is 0.809. The van der Waals surface area contributed by atoms with E-state index in [2.05, 4.69) is 9.88 Å². The van der Waals surface area contributed by atoms with E-state index in [4.69, 9.17) is 0 Å². The number of benzene rings is 1. The molecule has 1 aromatic carbocycles. The number of anilines is 1. The van der Waals surface area contributed by atoms with Gasteiger partial charge in [0.15, 0.2) is 0 Å². The van der Waals surface area contributed by atoms with E-state index in [9.17, 15) is 4.79 Å². The largest absolute Gasteiger partial charge is 0.339 e. The molecule has 23 heavy (non-hydrogen) atoms. The zero-order chi connectivity index (χ0) is 15.4. The van der Waals surface area contributed by atoms with Crippen LogP contribution in [0.2, 0.25) is 0 Å². The summed E-state index contributed by atoms with van der Waals surface area (Å²) in [6.07, 6.45) is 7.27. The Morgan fingerprint density at radius 2 is 1.83 bits per heavy atom. The molecule has 0 N–H and O–H groups in total. The minimum Gasteiger partial charge on any atom is -0.339 e. The Kier molecular flexibility index (Phi) is 5.82. The van der Waals surface area contributed by atoms with Crippen LogP contribution < -0.4 is 4.90 Å². The molecule has 0 atom stereocenters. The van der Waals surface area contributed by atoms with Crippen molar-refractivity contribution >= 4 is 30.3 Å². The lowest BCUT2D eigenvalue weighted by Crippen LogP contribution is -2.49. The highest BCUT2D eigenvalue weighted by Gasteiger charge is 2.21. The van der Waals surface area contributed by atoms with Crippen LogP contribution in [0.25, 0.3) is 6.08 Å². The van der Waals surface area contributed by atoms with Gasteiger partial charge in [0.2, 0.25) is 11.9 Å². The van der Waals surface area contributed by atoms with Gasteiger partial charge in [-0.1, -0.05) is 30.3 Å². The average Bonchev–Trinajstić information content (AvgIpc) is 3.00. The van der Waals surface area contributed by atoms with E-state index in [1.165, 1.54) is 0 Å². The molecule has 0 bridgehead atoms. The zero-order valence-corrected chi connectivity index (χ0v) is 13.9. The van der Waals surface area contributed by atoms with Gasteiger partial charge in [0, 0.05) is 51.7 Å². The fraction of sp³-hybridized carbons (Fsp3) is 0.294. The predicted molar refractivity (Wildman–Crippen MR) is 94.7 cm³/mol. The van der Waals surface area contributed by atoms with Crippen molar-refractivity contribution in [3.8, 4) is 0 Å². The number of hydrogen-bond donors (Lipinski definition) is 0. The van der Waals surface area contributed by atoms with Crippen molar-refractivity contribution in [2.45, 2.75) is 0 Å². The number of halogens is 1. The molecular weight excluding hydrogens is 312 g/mol. The molecule has 5 nitrogen and oxygen atoms in total. The van der Waals surface area contributed by atoms with E-state index in [0.29, 0.717) is 0 Å². The summed E-state index contributed by atoms with van der Waals surface area (Å²) in [7, 11) is 1.99. The Bertz CT molecular complexity index is 660. The van der Waals surface area contributed by atoms with Crippen molar-refractivity contribution in [3.63, 3.8) is 0 Å². The Labute approximate surface area is 142 Å². The van der Waals surface area contributed by atoms with Gasteiger partial charge in [0.05, 0.1) is 0 Å². The van der Waals surface area contributed by atoms with E-state index >= 15 is 0 Å². The number of carbonyl (C=O) groups is 1. The molecule has 1 aliphatic rings. The van der Waals surface area contributed by atoms with E-state index < -0.39 is 0 Å². The molecule has 0 spiro atoms. The predicted octanol–water partition coefficient (Wildman–Crippen LogP) is 2.20. The van der Waals surface area contributed by atoms with E-state index in [0.717, 1.165) is 37.7 Å². The number of nitrogens with zero attached hydrogens (tertiary/aromatic N) is 4. The van der Waals surface area contributed by atoms with Crippen molar-refractivity contribution < 1.29 is 4.79 Å². The Morgan fingerprint density at radius 1 is 1.13 bits per heavy atom. The Morgan fingerprint density at radius 3 is 2.43 bits per heavy atom. The molecule has 0 unspecified atom stereocenters. The molecule has 1 fully saturated rings. The number of carbonyl (C=O) groups excluding carboxylic acids is 1.